The number of hydrogen-bond acceptors (Lipinski definition) is 6. The van der Waals surface area contributed by atoms with Gasteiger partial charge in [-0.05, 0) is 37.5 Å². The van der Waals surface area contributed by atoms with Gasteiger partial charge in [0.25, 0.3) is 5.91 Å². The Hall–Kier alpha value is -3.04. The number of carbonyl (C=O) groups is 1. The summed E-state index contributed by atoms with van der Waals surface area (Å²) in [6.07, 6.45) is -2.55. The fourth-order valence-electron chi connectivity index (χ4n) is 2.65. The summed E-state index contributed by atoms with van der Waals surface area (Å²) in [5.74, 6) is 0.412. The van der Waals surface area contributed by atoms with Crippen molar-refractivity contribution < 1.29 is 22.7 Å². The molecule has 0 radical (unpaired) electrons. The van der Waals surface area contributed by atoms with E-state index in [2.05, 4.69) is 20.6 Å². The Kier molecular flexibility index (Phi) is 6.33. The number of aromatic nitrogens is 2. The summed E-state index contributed by atoms with van der Waals surface area (Å²) in [5.41, 5.74) is -0.207. The smallest absolute Gasteiger partial charge is 0.433 e. The van der Waals surface area contributed by atoms with Gasteiger partial charge in [0.2, 0.25) is 5.95 Å². The van der Waals surface area contributed by atoms with Crippen molar-refractivity contribution >= 4 is 17.7 Å². The van der Waals surface area contributed by atoms with Gasteiger partial charge >= 0.3 is 6.18 Å². The predicted octanol–water partition coefficient (Wildman–Crippen LogP) is 3.39. The van der Waals surface area contributed by atoms with Crippen LogP contribution in [0.15, 0.2) is 30.3 Å². The maximum Gasteiger partial charge on any atom is 0.433 e. The lowest BCUT2D eigenvalue weighted by Gasteiger charge is -2.19. The SMILES string of the molecule is C[C@H](Nc1nc(N(C)C)cc(C(F)(F)F)n1)c1ccc(OCC(=O)NC2CC2)cc1. The number of ether oxygens (including phenoxy) is 1. The van der Waals surface area contributed by atoms with Gasteiger partial charge in [-0.3, -0.25) is 4.79 Å². The number of rotatable bonds is 8. The Labute approximate surface area is 172 Å². The average Bonchev–Trinajstić information content (AvgIpc) is 3.49. The highest BCUT2D eigenvalue weighted by Crippen LogP contribution is 2.31. The molecule has 0 spiro atoms. The first kappa shape index (κ1) is 21.7. The van der Waals surface area contributed by atoms with Crippen LogP contribution in [0.4, 0.5) is 24.9 Å². The van der Waals surface area contributed by atoms with Gasteiger partial charge in [-0.25, -0.2) is 4.98 Å². The molecule has 0 unspecified atom stereocenters. The Morgan fingerprint density at radius 3 is 2.47 bits per heavy atom. The Morgan fingerprint density at radius 1 is 1.23 bits per heavy atom. The van der Waals surface area contributed by atoms with E-state index in [1.807, 2.05) is 0 Å². The van der Waals surface area contributed by atoms with Crippen LogP contribution in [0.3, 0.4) is 0 Å². The summed E-state index contributed by atoms with van der Waals surface area (Å²) in [6.45, 7) is 1.73. The van der Waals surface area contributed by atoms with Gasteiger partial charge in [-0.1, -0.05) is 12.1 Å². The molecule has 1 saturated carbocycles. The molecule has 2 aromatic rings. The van der Waals surface area contributed by atoms with Crippen LogP contribution >= 0.6 is 0 Å². The Bertz CT molecular complexity index is 883. The fourth-order valence-corrected chi connectivity index (χ4v) is 2.65. The van der Waals surface area contributed by atoms with Gasteiger partial charge in [-0.2, -0.15) is 18.2 Å². The van der Waals surface area contributed by atoms with E-state index in [-0.39, 0.29) is 36.4 Å². The van der Waals surface area contributed by atoms with Crippen LogP contribution in [0.2, 0.25) is 0 Å². The highest BCUT2D eigenvalue weighted by molar-refractivity contribution is 5.78. The first-order valence-electron chi connectivity index (χ1n) is 9.54. The molecule has 1 aliphatic rings. The molecular weight excluding hydrogens is 399 g/mol. The van der Waals surface area contributed by atoms with Crippen molar-refractivity contribution in [2.75, 3.05) is 30.9 Å². The van der Waals surface area contributed by atoms with E-state index in [0.717, 1.165) is 24.5 Å². The number of nitrogens with zero attached hydrogens (tertiary/aromatic N) is 3. The van der Waals surface area contributed by atoms with E-state index in [1.165, 1.54) is 4.90 Å². The van der Waals surface area contributed by atoms with Crippen LogP contribution < -0.4 is 20.3 Å². The molecule has 162 valence electrons. The van der Waals surface area contributed by atoms with Crippen LogP contribution in [0.5, 0.6) is 5.75 Å². The summed E-state index contributed by atoms with van der Waals surface area (Å²) in [6, 6.07) is 7.78. The molecular formula is C20H24F3N5O2. The maximum absolute atomic E-state index is 13.1. The standard InChI is InChI=1S/C20H24F3N5O2/c1-12(24-19-26-16(20(21,22)23)10-17(27-19)28(2)3)13-4-8-15(9-5-13)30-11-18(29)25-14-6-7-14/h4-5,8-10,12,14H,6-7,11H2,1-3H3,(H,25,29)(H,24,26,27)/t12-/m0/s1. The van der Waals surface area contributed by atoms with E-state index in [0.29, 0.717) is 5.75 Å². The van der Waals surface area contributed by atoms with Gasteiger partial charge < -0.3 is 20.3 Å². The molecule has 1 fully saturated rings. The lowest BCUT2D eigenvalue weighted by Crippen LogP contribution is -2.30. The number of benzene rings is 1. The summed E-state index contributed by atoms with van der Waals surface area (Å²) in [7, 11) is 3.22. The lowest BCUT2D eigenvalue weighted by molar-refractivity contribution is -0.141. The van der Waals surface area contributed by atoms with Crippen molar-refractivity contribution in [1.29, 1.82) is 0 Å². The zero-order valence-electron chi connectivity index (χ0n) is 17.0. The van der Waals surface area contributed by atoms with Crippen LogP contribution in [0, 0.1) is 0 Å². The predicted molar refractivity (Wildman–Crippen MR) is 107 cm³/mol. The monoisotopic (exact) mass is 423 g/mol. The van der Waals surface area contributed by atoms with Crippen LogP contribution in [0.1, 0.15) is 37.1 Å². The first-order chi connectivity index (χ1) is 14.1. The number of carbonyl (C=O) groups excluding carboxylic acids is 1. The molecule has 0 bridgehead atoms. The molecule has 1 amide bonds. The van der Waals surface area contributed by atoms with Crippen molar-refractivity contribution in [2.24, 2.45) is 0 Å². The van der Waals surface area contributed by atoms with E-state index >= 15 is 0 Å². The van der Waals surface area contributed by atoms with E-state index in [1.54, 1.807) is 45.3 Å². The third-order valence-corrected chi connectivity index (χ3v) is 4.50. The summed E-state index contributed by atoms with van der Waals surface area (Å²) in [4.78, 5) is 20.9. The number of anilines is 2. The third kappa shape index (κ3) is 5.98. The van der Waals surface area contributed by atoms with Gasteiger partial charge in [0.15, 0.2) is 12.3 Å². The normalized spacial score (nSPS) is 14.7. The van der Waals surface area contributed by atoms with Crippen molar-refractivity contribution in [3.8, 4) is 5.75 Å². The molecule has 3 rings (SSSR count). The molecule has 7 nitrogen and oxygen atoms in total. The van der Waals surface area contributed by atoms with Crippen molar-refractivity contribution in [3.63, 3.8) is 0 Å². The first-order valence-corrected chi connectivity index (χ1v) is 9.54. The minimum atomic E-state index is -4.57. The van der Waals surface area contributed by atoms with E-state index in [4.69, 9.17) is 4.74 Å². The molecule has 1 aromatic carbocycles. The molecule has 1 atom stereocenters. The lowest BCUT2D eigenvalue weighted by atomic mass is 10.1. The Morgan fingerprint density at radius 2 is 1.90 bits per heavy atom. The number of amides is 1. The second kappa shape index (κ2) is 8.76. The van der Waals surface area contributed by atoms with Gasteiger partial charge in [0.05, 0.1) is 6.04 Å². The molecule has 1 aromatic heterocycles. The van der Waals surface area contributed by atoms with Gasteiger partial charge in [-0.15, -0.1) is 0 Å². The summed E-state index contributed by atoms with van der Waals surface area (Å²) < 4.78 is 44.9. The van der Waals surface area contributed by atoms with Gasteiger partial charge in [0.1, 0.15) is 11.6 Å². The zero-order chi connectivity index (χ0) is 21.9. The average molecular weight is 423 g/mol. The van der Waals surface area contributed by atoms with Gasteiger partial charge in [0, 0.05) is 26.2 Å². The van der Waals surface area contributed by atoms with Crippen molar-refractivity contribution in [2.45, 2.75) is 38.0 Å². The van der Waals surface area contributed by atoms with E-state index in [9.17, 15) is 18.0 Å². The second-order valence-electron chi connectivity index (χ2n) is 7.39. The highest BCUT2D eigenvalue weighted by Gasteiger charge is 2.34. The van der Waals surface area contributed by atoms with Crippen LogP contribution in [-0.2, 0) is 11.0 Å². The minimum Gasteiger partial charge on any atom is -0.484 e. The van der Waals surface area contributed by atoms with Crippen molar-refractivity contribution in [3.05, 3.63) is 41.6 Å². The molecule has 2 N–H and O–H groups in total. The molecule has 30 heavy (non-hydrogen) atoms. The van der Waals surface area contributed by atoms with Crippen LogP contribution in [0.25, 0.3) is 0 Å². The topological polar surface area (TPSA) is 79.4 Å². The Balaban J connectivity index is 1.64. The molecule has 0 aliphatic heterocycles. The maximum atomic E-state index is 13.1. The number of alkyl halides is 3. The summed E-state index contributed by atoms with van der Waals surface area (Å²) in [5, 5.41) is 5.75. The molecule has 1 heterocycles. The third-order valence-electron chi connectivity index (χ3n) is 4.50. The number of hydrogen-bond donors (Lipinski definition) is 2. The quantitative estimate of drug-likeness (QED) is 0.678. The zero-order valence-corrected chi connectivity index (χ0v) is 17.0. The minimum absolute atomic E-state index is 0.0605. The largest absolute Gasteiger partial charge is 0.484 e. The molecule has 1 aliphatic carbocycles. The fraction of sp³-hybridized carbons (Fsp3) is 0.450. The summed E-state index contributed by atoms with van der Waals surface area (Å²) >= 11 is 0. The second-order valence-corrected chi connectivity index (χ2v) is 7.39. The van der Waals surface area contributed by atoms with Crippen LogP contribution in [-0.4, -0.2) is 42.6 Å². The van der Waals surface area contributed by atoms with Crippen molar-refractivity contribution in [1.82, 2.24) is 15.3 Å². The molecule has 10 heteroatoms. The van der Waals surface area contributed by atoms with E-state index < -0.39 is 11.9 Å². The number of halogens is 3. The number of nitrogens with one attached hydrogen (secondary N) is 2. The highest BCUT2D eigenvalue weighted by atomic mass is 19.4. The molecule has 0 saturated heterocycles.